The van der Waals surface area contributed by atoms with E-state index in [4.69, 9.17) is 9.16 Å². The average molecular weight is 286 g/mol. The largest absolute Gasteiger partial charge is 0.463 e. The van der Waals surface area contributed by atoms with Crippen molar-refractivity contribution in [3.8, 4) is 0 Å². The van der Waals surface area contributed by atoms with Crippen LogP contribution in [0.25, 0.3) is 0 Å². The number of nitrogens with one attached hydrogen (secondary N) is 1. The Labute approximate surface area is 119 Å². The standard InChI is InChI=1S/C14H28NO3Si/c1-7-17-13(16)8-9-15-12(10-14(2,3)4)11-18-19(5)6/h8-9,12,15H,7,10-11H2,1-6H3/t12-/m0/s1. The Morgan fingerprint density at radius 3 is 2.47 bits per heavy atom. The highest BCUT2D eigenvalue weighted by molar-refractivity contribution is 6.48. The van der Waals surface area contributed by atoms with Crippen molar-refractivity contribution >= 4 is 15.0 Å². The molecule has 0 fully saturated rings. The molecule has 0 saturated heterocycles. The van der Waals surface area contributed by atoms with E-state index >= 15 is 0 Å². The molecule has 0 rings (SSSR count). The van der Waals surface area contributed by atoms with Crippen molar-refractivity contribution < 1.29 is 14.0 Å². The molecule has 1 N–H and O–H groups in total. The lowest BCUT2D eigenvalue weighted by Gasteiger charge is -2.26. The second-order valence-corrected chi connectivity index (χ2v) is 8.04. The molecule has 1 atom stereocenters. The minimum Gasteiger partial charge on any atom is -0.463 e. The predicted molar refractivity (Wildman–Crippen MR) is 80.2 cm³/mol. The van der Waals surface area contributed by atoms with Crippen LogP contribution in [-0.2, 0) is 14.0 Å². The summed E-state index contributed by atoms with van der Waals surface area (Å²) in [5.41, 5.74) is 0.215. The molecular formula is C14H28NO3Si. The fourth-order valence-corrected chi connectivity index (χ4v) is 2.15. The molecule has 0 saturated carbocycles. The molecule has 0 aliphatic rings. The van der Waals surface area contributed by atoms with Gasteiger partial charge in [-0.15, -0.1) is 0 Å². The van der Waals surface area contributed by atoms with E-state index in [0.29, 0.717) is 13.2 Å². The minimum absolute atomic E-state index is 0.213. The second-order valence-electron chi connectivity index (χ2n) is 5.93. The van der Waals surface area contributed by atoms with Crippen LogP contribution in [0, 0.1) is 5.41 Å². The first-order valence-electron chi connectivity index (χ1n) is 6.77. The van der Waals surface area contributed by atoms with Crippen LogP contribution < -0.4 is 5.32 Å². The summed E-state index contributed by atoms with van der Waals surface area (Å²) in [5.74, 6) is -0.318. The lowest BCUT2D eigenvalue weighted by Crippen LogP contribution is -2.35. The summed E-state index contributed by atoms with van der Waals surface area (Å²) in [6.45, 7) is 13.7. The minimum atomic E-state index is -0.689. The van der Waals surface area contributed by atoms with Crippen LogP contribution in [0.4, 0.5) is 0 Å². The van der Waals surface area contributed by atoms with Gasteiger partial charge in [0.15, 0.2) is 0 Å². The Hall–Kier alpha value is -0.813. The molecule has 0 aliphatic heterocycles. The fourth-order valence-electron chi connectivity index (χ4n) is 1.62. The first-order valence-corrected chi connectivity index (χ1v) is 9.17. The van der Waals surface area contributed by atoms with E-state index in [1.165, 1.54) is 6.08 Å². The third-order valence-electron chi connectivity index (χ3n) is 2.27. The molecule has 0 aromatic rings. The molecule has 0 amide bonds. The van der Waals surface area contributed by atoms with Gasteiger partial charge in [-0.05, 0) is 31.9 Å². The third-order valence-corrected chi connectivity index (χ3v) is 3.01. The van der Waals surface area contributed by atoms with Gasteiger partial charge in [0.1, 0.15) is 0 Å². The summed E-state index contributed by atoms with van der Waals surface area (Å²) >= 11 is 0. The second kappa shape index (κ2) is 9.15. The van der Waals surface area contributed by atoms with Gasteiger partial charge < -0.3 is 14.5 Å². The van der Waals surface area contributed by atoms with Crippen molar-refractivity contribution in [3.05, 3.63) is 12.3 Å². The highest BCUT2D eigenvalue weighted by atomic mass is 28.3. The van der Waals surface area contributed by atoms with Crippen molar-refractivity contribution in [2.45, 2.75) is 53.3 Å². The van der Waals surface area contributed by atoms with Crippen LogP contribution in [0.1, 0.15) is 34.1 Å². The van der Waals surface area contributed by atoms with Gasteiger partial charge in [-0.2, -0.15) is 0 Å². The quantitative estimate of drug-likeness (QED) is 0.423. The van der Waals surface area contributed by atoms with Gasteiger partial charge in [0.05, 0.1) is 13.2 Å². The molecule has 0 spiro atoms. The Morgan fingerprint density at radius 2 is 2.00 bits per heavy atom. The topological polar surface area (TPSA) is 47.6 Å². The van der Waals surface area contributed by atoms with Gasteiger partial charge in [-0.3, -0.25) is 0 Å². The molecule has 4 nitrogen and oxygen atoms in total. The molecule has 0 aromatic heterocycles. The van der Waals surface area contributed by atoms with Gasteiger partial charge in [0.2, 0.25) is 9.04 Å². The maximum Gasteiger partial charge on any atom is 0.332 e. The molecule has 5 heteroatoms. The van der Waals surface area contributed by atoms with Crippen LogP contribution in [0.15, 0.2) is 12.3 Å². The number of carbonyl (C=O) groups excluding carboxylic acids is 1. The zero-order valence-electron chi connectivity index (χ0n) is 13.1. The summed E-state index contributed by atoms with van der Waals surface area (Å²) in [6.07, 6.45) is 4.06. The van der Waals surface area contributed by atoms with E-state index < -0.39 is 9.04 Å². The molecule has 0 unspecified atom stereocenters. The maximum absolute atomic E-state index is 11.2. The van der Waals surface area contributed by atoms with Gasteiger partial charge in [-0.25, -0.2) is 4.79 Å². The van der Waals surface area contributed by atoms with E-state index in [1.54, 1.807) is 13.1 Å². The van der Waals surface area contributed by atoms with Crippen LogP contribution >= 0.6 is 0 Å². The van der Waals surface area contributed by atoms with Crippen molar-refractivity contribution in [3.63, 3.8) is 0 Å². The van der Waals surface area contributed by atoms with Crippen LogP contribution in [0.3, 0.4) is 0 Å². The van der Waals surface area contributed by atoms with Crippen molar-refractivity contribution in [1.29, 1.82) is 0 Å². The highest BCUT2D eigenvalue weighted by Crippen LogP contribution is 2.21. The van der Waals surface area contributed by atoms with Crippen LogP contribution in [0.5, 0.6) is 0 Å². The van der Waals surface area contributed by atoms with E-state index in [9.17, 15) is 4.79 Å². The molecule has 1 radical (unpaired) electrons. The van der Waals surface area contributed by atoms with Gasteiger partial charge in [0, 0.05) is 18.3 Å². The summed E-state index contributed by atoms with van der Waals surface area (Å²) in [4.78, 5) is 11.2. The van der Waals surface area contributed by atoms with Gasteiger partial charge in [0.25, 0.3) is 0 Å². The number of rotatable bonds is 8. The monoisotopic (exact) mass is 286 g/mol. The van der Waals surface area contributed by atoms with E-state index in [2.05, 4.69) is 39.2 Å². The smallest absolute Gasteiger partial charge is 0.332 e. The predicted octanol–water partition coefficient (Wildman–Crippen LogP) is 2.73. The molecule has 0 heterocycles. The first-order chi connectivity index (χ1) is 8.74. The Bertz CT molecular complexity index is 285. The van der Waals surface area contributed by atoms with E-state index in [0.717, 1.165) is 6.42 Å². The molecule has 19 heavy (non-hydrogen) atoms. The third kappa shape index (κ3) is 12.0. The molecular weight excluding hydrogens is 258 g/mol. The summed E-state index contributed by atoms with van der Waals surface area (Å²) in [6, 6.07) is 0.213. The Morgan fingerprint density at radius 1 is 1.37 bits per heavy atom. The average Bonchev–Trinajstić information content (AvgIpc) is 2.24. The lowest BCUT2D eigenvalue weighted by atomic mass is 9.88. The Kier molecular flexibility index (Phi) is 8.76. The fraction of sp³-hybridized carbons (Fsp3) is 0.786. The summed E-state index contributed by atoms with van der Waals surface area (Å²) in [5, 5.41) is 3.23. The molecule has 0 aromatic carbocycles. The van der Waals surface area contributed by atoms with E-state index in [1.807, 2.05) is 0 Å². The highest BCUT2D eigenvalue weighted by Gasteiger charge is 2.18. The maximum atomic E-state index is 11.2. The van der Waals surface area contributed by atoms with Crippen molar-refractivity contribution in [2.24, 2.45) is 5.41 Å². The van der Waals surface area contributed by atoms with Crippen LogP contribution in [0.2, 0.25) is 13.1 Å². The van der Waals surface area contributed by atoms with Gasteiger partial charge in [-0.1, -0.05) is 20.8 Å². The zero-order chi connectivity index (χ0) is 14.9. The van der Waals surface area contributed by atoms with Crippen molar-refractivity contribution in [1.82, 2.24) is 5.32 Å². The number of ether oxygens (including phenoxy) is 1. The van der Waals surface area contributed by atoms with Crippen LogP contribution in [-0.4, -0.2) is 34.3 Å². The molecule has 0 aliphatic carbocycles. The normalized spacial score (nSPS) is 13.8. The SMILES string of the molecule is CCOC(=O)C=CN[C@H](CO[Si](C)C)CC(C)(C)C. The molecule has 0 bridgehead atoms. The summed E-state index contributed by atoms with van der Waals surface area (Å²) in [7, 11) is -0.689. The lowest BCUT2D eigenvalue weighted by molar-refractivity contribution is -0.137. The molecule has 111 valence electrons. The zero-order valence-corrected chi connectivity index (χ0v) is 14.1. The van der Waals surface area contributed by atoms with Gasteiger partial charge >= 0.3 is 5.97 Å². The summed E-state index contributed by atoms with van der Waals surface area (Å²) < 4.78 is 10.6. The first kappa shape index (κ1) is 18.2. The number of esters is 1. The van der Waals surface area contributed by atoms with Crippen molar-refractivity contribution in [2.75, 3.05) is 13.2 Å². The number of hydrogen-bond donors (Lipinski definition) is 1. The Balaban J connectivity index is 4.29. The number of carbonyl (C=O) groups is 1. The van der Waals surface area contributed by atoms with E-state index in [-0.39, 0.29) is 17.4 Å². The number of hydrogen-bond acceptors (Lipinski definition) is 4.